The Hall–Kier alpha value is -1.71. The number of para-hydroxylation sites is 1. The fraction of sp³-hybridized carbons (Fsp3) is 0.364. The van der Waals surface area contributed by atoms with E-state index in [1.54, 1.807) is 23.1 Å². The SMILES string of the molecule is Nc1cccc(C(=O)N2CCCC2)c1O. The number of hydrogen-bond donors (Lipinski definition) is 2. The number of amides is 1. The highest BCUT2D eigenvalue weighted by molar-refractivity contribution is 5.98. The summed E-state index contributed by atoms with van der Waals surface area (Å²) in [5, 5.41) is 9.66. The summed E-state index contributed by atoms with van der Waals surface area (Å²) in [6.07, 6.45) is 2.07. The van der Waals surface area contributed by atoms with Crippen LogP contribution < -0.4 is 5.73 Å². The monoisotopic (exact) mass is 206 g/mol. The minimum atomic E-state index is -0.127. The number of nitrogens with zero attached hydrogens (tertiary/aromatic N) is 1. The molecule has 1 amide bonds. The molecule has 0 atom stereocenters. The van der Waals surface area contributed by atoms with Crippen LogP contribution in [-0.4, -0.2) is 29.0 Å². The lowest BCUT2D eigenvalue weighted by molar-refractivity contribution is 0.0790. The molecule has 1 aliphatic rings. The van der Waals surface area contributed by atoms with Crippen molar-refractivity contribution in [3.63, 3.8) is 0 Å². The molecule has 15 heavy (non-hydrogen) atoms. The van der Waals surface area contributed by atoms with Crippen molar-refractivity contribution in [1.29, 1.82) is 0 Å². The Morgan fingerprint density at radius 2 is 2.00 bits per heavy atom. The zero-order chi connectivity index (χ0) is 10.8. The molecule has 1 saturated heterocycles. The maximum absolute atomic E-state index is 11.9. The molecule has 0 aromatic heterocycles. The number of anilines is 1. The van der Waals surface area contributed by atoms with Crippen LogP contribution in [0.3, 0.4) is 0 Å². The van der Waals surface area contributed by atoms with Crippen molar-refractivity contribution in [2.45, 2.75) is 12.8 Å². The fourth-order valence-electron chi connectivity index (χ4n) is 1.82. The van der Waals surface area contributed by atoms with E-state index in [2.05, 4.69) is 0 Å². The second-order valence-corrected chi connectivity index (χ2v) is 3.74. The molecule has 0 aliphatic carbocycles. The second kappa shape index (κ2) is 3.81. The molecule has 1 aliphatic heterocycles. The Morgan fingerprint density at radius 3 is 2.67 bits per heavy atom. The number of nitrogens with two attached hydrogens (primary N) is 1. The lowest BCUT2D eigenvalue weighted by atomic mass is 10.1. The number of phenols is 1. The molecule has 1 fully saturated rings. The molecule has 1 aromatic carbocycles. The number of nitrogen functional groups attached to an aromatic ring is 1. The molecule has 1 aromatic rings. The molecule has 0 saturated carbocycles. The minimum absolute atomic E-state index is 0.102. The lowest BCUT2D eigenvalue weighted by Gasteiger charge is -2.16. The van der Waals surface area contributed by atoms with Crippen LogP contribution in [0, 0.1) is 0 Å². The molecule has 0 unspecified atom stereocenters. The molecule has 1 heterocycles. The molecule has 4 nitrogen and oxygen atoms in total. The summed E-state index contributed by atoms with van der Waals surface area (Å²) in [5.41, 5.74) is 6.09. The first-order valence-corrected chi connectivity index (χ1v) is 5.07. The van der Waals surface area contributed by atoms with Gasteiger partial charge in [0.25, 0.3) is 5.91 Å². The summed E-state index contributed by atoms with van der Waals surface area (Å²) in [5.74, 6) is -0.230. The average molecular weight is 206 g/mol. The van der Waals surface area contributed by atoms with Crippen LogP contribution in [0.4, 0.5) is 5.69 Å². The molecule has 4 heteroatoms. The predicted molar refractivity (Wildman–Crippen MR) is 57.7 cm³/mol. The number of benzene rings is 1. The number of phenolic OH excluding ortho intramolecular Hbond substituents is 1. The van der Waals surface area contributed by atoms with E-state index in [4.69, 9.17) is 5.73 Å². The van der Waals surface area contributed by atoms with Gasteiger partial charge in [0.1, 0.15) is 0 Å². The Bertz CT molecular complexity index is 384. The number of hydrogen-bond acceptors (Lipinski definition) is 3. The topological polar surface area (TPSA) is 66.6 Å². The molecule has 0 spiro atoms. The van der Waals surface area contributed by atoms with E-state index in [0.29, 0.717) is 5.56 Å². The van der Waals surface area contributed by atoms with Crippen molar-refractivity contribution >= 4 is 11.6 Å². The number of aromatic hydroxyl groups is 1. The Labute approximate surface area is 88.3 Å². The van der Waals surface area contributed by atoms with Gasteiger partial charge in [0, 0.05) is 13.1 Å². The van der Waals surface area contributed by atoms with Gasteiger partial charge >= 0.3 is 0 Å². The van der Waals surface area contributed by atoms with Gasteiger partial charge in [0.2, 0.25) is 0 Å². The van der Waals surface area contributed by atoms with Crippen LogP contribution in [0.5, 0.6) is 5.75 Å². The maximum Gasteiger partial charge on any atom is 0.257 e. The van der Waals surface area contributed by atoms with Crippen molar-refractivity contribution in [1.82, 2.24) is 4.90 Å². The van der Waals surface area contributed by atoms with Crippen molar-refractivity contribution in [3.05, 3.63) is 23.8 Å². The maximum atomic E-state index is 11.9. The van der Waals surface area contributed by atoms with Crippen molar-refractivity contribution < 1.29 is 9.90 Å². The van der Waals surface area contributed by atoms with Crippen molar-refractivity contribution in [2.75, 3.05) is 18.8 Å². The van der Waals surface area contributed by atoms with Crippen LogP contribution in [0.2, 0.25) is 0 Å². The molecule has 2 rings (SSSR count). The van der Waals surface area contributed by atoms with Gasteiger partial charge in [0.05, 0.1) is 11.3 Å². The van der Waals surface area contributed by atoms with Gasteiger partial charge in [0.15, 0.2) is 5.75 Å². The van der Waals surface area contributed by atoms with Gasteiger partial charge in [-0.15, -0.1) is 0 Å². The van der Waals surface area contributed by atoms with Crippen LogP contribution in [0.25, 0.3) is 0 Å². The molecule has 0 radical (unpaired) electrons. The summed E-state index contributed by atoms with van der Waals surface area (Å²) in [4.78, 5) is 13.7. The number of likely N-dealkylation sites (tertiary alicyclic amines) is 1. The summed E-state index contributed by atoms with van der Waals surface area (Å²) < 4.78 is 0. The quantitative estimate of drug-likeness (QED) is 0.536. The Kier molecular flexibility index (Phi) is 2.49. The van der Waals surface area contributed by atoms with Crippen molar-refractivity contribution in [3.8, 4) is 5.75 Å². The molecule has 3 N–H and O–H groups in total. The van der Waals surface area contributed by atoms with Gasteiger partial charge in [-0.25, -0.2) is 0 Å². The van der Waals surface area contributed by atoms with E-state index in [9.17, 15) is 9.90 Å². The normalized spacial score (nSPS) is 15.6. The first kappa shape index (κ1) is 9.83. The first-order valence-electron chi connectivity index (χ1n) is 5.07. The molecular weight excluding hydrogens is 192 g/mol. The fourth-order valence-corrected chi connectivity index (χ4v) is 1.82. The van der Waals surface area contributed by atoms with Crippen LogP contribution in [0.1, 0.15) is 23.2 Å². The van der Waals surface area contributed by atoms with Crippen LogP contribution in [-0.2, 0) is 0 Å². The minimum Gasteiger partial charge on any atom is -0.505 e. The summed E-state index contributed by atoms with van der Waals surface area (Å²) in [6, 6.07) is 4.86. The largest absolute Gasteiger partial charge is 0.505 e. The zero-order valence-corrected chi connectivity index (χ0v) is 8.44. The number of carbonyl (C=O) groups is 1. The van der Waals surface area contributed by atoms with E-state index in [0.717, 1.165) is 25.9 Å². The van der Waals surface area contributed by atoms with Gasteiger partial charge in [-0.2, -0.15) is 0 Å². The smallest absolute Gasteiger partial charge is 0.257 e. The standard InChI is InChI=1S/C11H14N2O2/c12-9-5-3-4-8(10(9)14)11(15)13-6-1-2-7-13/h3-5,14H,1-2,6-7,12H2. The van der Waals surface area contributed by atoms with E-state index >= 15 is 0 Å². The molecular formula is C11H14N2O2. The van der Waals surface area contributed by atoms with E-state index in [1.165, 1.54) is 0 Å². The summed E-state index contributed by atoms with van der Waals surface area (Å²) in [7, 11) is 0. The zero-order valence-electron chi connectivity index (χ0n) is 8.44. The Balaban J connectivity index is 2.28. The van der Waals surface area contributed by atoms with Gasteiger partial charge in [-0.1, -0.05) is 6.07 Å². The van der Waals surface area contributed by atoms with Crippen LogP contribution >= 0.6 is 0 Å². The molecule has 0 bridgehead atoms. The first-order chi connectivity index (χ1) is 7.20. The van der Waals surface area contributed by atoms with Crippen LogP contribution in [0.15, 0.2) is 18.2 Å². The van der Waals surface area contributed by atoms with Gasteiger partial charge in [-0.05, 0) is 25.0 Å². The Morgan fingerprint density at radius 1 is 1.33 bits per heavy atom. The van der Waals surface area contributed by atoms with Gasteiger partial charge < -0.3 is 15.7 Å². The van der Waals surface area contributed by atoms with E-state index in [-0.39, 0.29) is 17.3 Å². The third-order valence-corrected chi connectivity index (χ3v) is 2.69. The van der Waals surface area contributed by atoms with Gasteiger partial charge in [-0.3, -0.25) is 4.79 Å². The van der Waals surface area contributed by atoms with E-state index < -0.39 is 0 Å². The van der Waals surface area contributed by atoms with Crippen molar-refractivity contribution in [2.24, 2.45) is 0 Å². The number of rotatable bonds is 1. The van der Waals surface area contributed by atoms with E-state index in [1.807, 2.05) is 0 Å². The number of carbonyl (C=O) groups excluding carboxylic acids is 1. The third-order valence-electron chi connectivity index (χ3n) is 2.69. The highest BCUT2D eigenvalue weighted by Gasteiger charge is 2.22. The lowest BCUT2D eigenvalue weighted by Crippen LogP contribution is -2.27. The summed E-state index contributed by atoms with van der Waals surface area (Å²) in [6.45, 7) is 1.54. The highest BCUT2D eigenvalue weighted by Crippen LogP contribution is 2.26. The highest BCUT2D eigenvalue weighted by atomic mass is 16.3. The average Bonchev–Trinajstić information content (AvgIpc) is 2.74. The summed E-state index contributed by atoms with van der Waals surface area (Å²) >= 11 is 0. The molecule has 80 valence electrons. The third kappa shape index (κ3) is 1.75. The predicted octanol–water partition coefficient (Wildman–Crippen LogP) is 1.21. The second-order valence-electron chi connectivity index (χ2n) is 3.74.